The Balaban J connectivity index is 2.12. The summed E-state index contributed by atoms with van der Waals surface area (Å²) in [5.74, 6) is 1.75. The number of benzene rings is 1. The maximum absolute atomic E-state index is 10.2. The highest BCUT2D eigenvalue weighted by Crippen LogP contribution is 2.64. The van der Waals surface area contributed by atoms with Crippen molar-refractivity contribution in [2.75, 3.05) is 0 Å². The third kappa shape index (κ3) is 2.09. The molecule has 25 heavy (non-hydrogen) atoms. The molecule has 2 N–H and O–H groups in total. The van der Waals surface area contributed by atoms with Crippen LogP contribution in [0.15, 0.2) is 15.0 Å². The predicted octanol–water partition coefficient (Wildman–Crippen LogP) is 6.59. The van der Waals surface area contributed by atoms with Gasteiger partial charge in [-0.3, -0.25) is 0 Å². The molecule has 0 aliphatic heterocycles. The van der Waals surface area contributed by atoms with Crippen molar-refractivity contribution >= 4 is 26.9 Å². The topological polar surface area (TPSA) is 53.6 Å². The second kappa shape index (κ2) is 5.42. The van der Waals surface area contributed by atoms with Gasteiger partial charge in [0, 0.05) is 22.3 Å². The molecule has 1 aromatic heterocycles. The van der Waals surface area contributed by atoms with Gasteiger partial charge in [0.15, 0.2) is 17.1 Å². The van der Waals surface area contributed by atoms with E-state index in [1.165, 1.54) is 24.8 Å². The summed E-state index contributed by atoms with van der Waals surface area (Å²) in [6.45, 7) is 9.41. The zero-order valence-electron chi connectivity index (χ0n) is 15.4. The second-order valence-electron chi connectivity index (χ2n) is 8.86. The molecule has 4 heteroatoms. The van der Waals surface area contributed by atoms with Gasteiger partial charge in [-0.25, -0.2) is 0 Å². The molecule has 4 rings (SSSR count). The molecule has 0 radical (unpaired) electrons. The van der Waals surface area contributed by atoms with Crippen molar-refractivity contribution in [2.45, 2.75) is 71.1 Å². The Bertz CT molecular complexity index is 851. The summed E-state index contributed by atoms with van der Waals surface area (Å²) in [6, 6.07) is 1.70. The number of furan rings is 1. The van der Waals surface area contributed by atoms with Gasteiger partial charge >= 0.3 is 0 Å². The van der Waals surface area contributed by atoms with Gasteiger partial charge in [0.05, 0.1) is 0 Å². The fraction of sp³-hybridized carbons (Fsp3) is 0.619. The minimum Gasteiger partial charge on any atom is -0.504 e. The maximum Gasteiger partial charge on any atom is 0.175 e. The molecule has 2 aliphatic rings. The monoisotopic (exact) mass is 406 g/mol. The maximum atomic E-state index is 10.2. The molecule has 1 spiro atoms. The molecule has 0 saturated heterocycles. The Hall–Kier alpha value is -1.16. The molecule has 1 unspecified atom stereocenters. The summed E-state index contributed by atoms with van der Waals surface area (Å²) >= 11 is 3.43. The molecule has 1 fully saturated rings. The van der Waals surface area contributed by atoms with Gasteiger partial charge in [0.25, 0.3) is 0 Å². The third-order valence-electron chi connectivity index (χ3n) is 7.26. The number of aromatic hydroxyl groups is 2. The van der Waals surface area contributed by atoms with E-state index in [-0.39, 0.29) is 22.3 Å². The molecular formula is C21H27BrO3. The summed E-state index contributed by atoms with van der Waals surface area (Å²) in [4.78, 5) is 0. The number of hydrogen-bond acceptors (Lipinski definition) is 3. The Kier molecular flexibility index (Phi) is 3.74. The summed E-state index contributed by atoms with van der Waals surface area (Å²) in [5, 5.41) is 21.3. The number of phenolic OH excluding ortho intramolecular Hbond substituents is 2. The Morgan fingerprint density at radius 3 is 2.56 bits per heavy atom. The minimum absolute atomic E-state index is 0.0567. The third-order valence-corrected chi connectivity index (χ3v) is 7.99. The summed E-state index contributed by atoms with van der Waals surface area (Å²) < 4.78 is 6.78. The number of hydrogen-bond donors (Lipinski definition) is 2. The zero-order valence-corrected chi connectivity index (χ0v) is 17.0. The van der Waals surface area contributed by atoms with Crippen LogP contribution in [-0.4, -0.2) is 10.2 Å². The molecule has 1 aromatic carbocycles. The van der Waals surface area contributed by atoms with E-state index < -0.39 is 0 Å². The van der Waals surface area contributed by atoms with Crippen molar-refractivity contribution < 1.29 is 14.6 Å². The molecule has 1 heterocycles. The molecule has 3 nitrogen and oxygen atoms in total. The summed E-state index contributed by atoms with van der Waals surface area (Å²) in [7, 11) is 0. The van der Waals surface area contributed by atoms with Crippen molar-refractivity contribution in [3.05, 3.63) is 21.9 Å². The SMILES string of the molecule is C[C@@H]1CCCC(C)(C)C12CC[C@H](C)c1oc3c(Br)c(O)c(O)cc3c12. The first kappa shape index (κ1) is 17.3. The highest BCUT2D eigenvalue weighted by Gasteiger charge is 2.56. The molecule has 0 amide bonds. The molecule has 2 aliphatic carbocycles. The number of fused-ring (bicyclic) bond motifs is 4. The van der Waals surface area contributed by atoms with E-state index in [0.29, 0.717) is 21.9 Å². The van der Waals surface area contributed by atoms with Crippen LogP contribution in [0.5, 0.6) is 11.5 Å². The largest absolute Gasteiger partial charge is 0.504 e. The predicted molar refractivity (Wildman–Crippen MR) is 103 cm³/mol. The molecular weight excluding hydrogens is 380 g/mol. The fourth-order valence-electron chi connectivity index (χ4n) is 5.85. The highest BCUT2D eigenvalue weighted by molar-refractivity contribution is 9.10. The zero-order chi connectivity index (χ0) is 18.1. The number of phenols is 2. The van der Waals surface area contributed by atoms with E-state index >= 15 is 0 Å². The quantitative estimate of drug-likeness (QED) is 0.485. The van der Waals surface area contributed by atoms with Crippen LogP contribution < -0.4 is 0 Å². The van der Waals surface area contributed by atoms with Crippen LogP contribution in [0.4, 0.5) is 0 Å². The lowest BCUT2D eigenvalue weighted by atomic mass is 9.47. The Morgan fingerprint density at radius 1 is 1.16 bits per heavy atom. The van der Waals surface area contributed by atoms with Crippen LogP contribution >= 0.6 is 15.9 Å². The van der Waals surface area contributed by atoms with Gasteiger partial charge in [-0.1, -0.05) is 34.1 Å². The fourth-order valence-corrected chi connectivity index (χ4v) is 6.35. The number of rotatable bonds is 0. The van der Waals surface area contributed by atoms with Gasteiger partial charge in [-0.15, -0.1) is 0 Å². The van der Waals surface area contributed by atoms with Crippen LogP contribution in [0.25, 0.3) is 11.0 Å². The smallest absolute Gasteiger partial charge is 0.175 e. The first-order valence-corrected chi connectivity index (χ1v) is 10.2. The summed E-state index contributed by atoms with van der Waals surface area (Å²) in [6.07, 6.45) is 5.99. The lowest BCUT2D eigenvalue weighted by Crippen LogP contribution is -2.51. The van der Waals surface area contributed by atoms with Crippen LogP contribution in [-0.2, 0) is 5.41 Å². The van der Waals surface area contributed by atoms with Crippen LogP contribution in [0, 0.1) is 11.3 Å². The first-order valence-electron chi connectivity index (χ1n) is 9.38. The van der Waals surface area contributed by atoms with E-state index in [1.54, 1.807) is 6.07 Å². The van der Waals surface area contributed by atoms with Crippen molar-refractivity contribution in [3.63, 3.8) is 0 Å². The van der Waals surface area contributed by atoms with Crippen molar-refractivity contribution in [3.8, 4) is 11.5 Å². The summed E-state index contributed by atoms with van der Waals surface area (Å²) in [5.41, 5.74) is 2.19. The highest BCUT2D eigenvalue weighted by atomic mass is 79.9. The van der Waals surface area contributed by atoms with E-state index in [9.17, 15) is 10.2 Å². The Labute approximate surface area is 157 Å². The lowest BCUT2D eigenvalue weighted by molar-refractivity contribution is 0.0213. The van der Waals surface area contributed by atoms with Crippen molar-refractivity contribution in [1.82, 2.24) is 0 Å². The average Bonchev–Trinajstić information content (AvgIpc) is 2.93. The Morgan fingerprint density at radius 2 is 1.88 bits per heavy atom. The molecule has 1 saturated carbocycles. The van der Waals surface area contributed by atoms with Crippen LogP contribution in [0.3, 0.4) is 0 Å². The van der Waals surface area contributed by atoms with Gasteiger partial charge in [0.2, 0.25) is 0 Å². The van der Waals surface area contributed by atoms with E-state index in [0.717, 1.165) is 24.0 Å². The molecule has 3 atom stereocenters. The van der Waals surface area contributed by atoms with E-state index in [2.05, 4.69) is 43.6 Å². The van der Waals surface area contributed by atoms with Gasteiger partial charge < -0.3 is 14.6 Å². The van der Waals surface area contributed by atoms with Crippen LogP contribution in [0.2, 0.25) is 0 Å². The van der Waals surface area contributed by atoms with Gasteiger partial charge in [-0.05, 0) is 59.0 Å². The first-order chi connectivity index (χ1) is 11.7. The van der Waals surface area contributed by atoms with E-state index in [4.69, 9.17) is 4.42 Å². The molecule has 136 valence electrons. The van der Waals surface area contributed by atoms with Gasteiger partial charge in [-0.2, -0.15) is 0 Å². The normalized spacial score (nSPS) is 31.4. The average molecular weight is 407 g/mol. The second-order valence-corrected chi connectivity index (χ2v) is 9.66. The molecule has 0 bridgehead atoms. The van der Waals surface area contributed by atoms with Crippen LogP contribution in [0.1, 0.15) is 77.0 Å². The number of halogens is 1. The van der Waals surface area contributed by atoms with E-state index in [1.807, 2.05) is 0 Å². The van der Waals surface area contributed by atoms with Gasteiger partial charge in [0.1, 0.15) is 10.2 Å². The molecule has 2 aromatic rings. The minimum atomic E-state index is -0.142. The standard InChI is InChI=1S/C21H27BrO3/c1-11-7-9-21(12(2)6-5-8-20(21,3)4)15-13-10-14(23)17(24)16(22)19(13)25-18(11)15/h10-12,23-24H,5-9H2,1-4H3/t11-,12+,21?/m0/s1. The lowest BCUT2D eigenvalue weighted by Gasteiger charge is -2.57. The van der Waals surface area contributed by atoms with Crippen molar-refractivity contribution in [2.24, 2.45) is 11.3 Å². The van der Waals surface area contributed by atoms with Crippen molar-refractivity contribution in [1.29, 1.82) is 0 Å².